The first-order chi connectivity index (χ1) is 10.5. The molecule has 0 aliphatic rings. The number of alkyl halides is 3. The van der Waals surface area contributed by atoms with Crippen LogP contribution in [0.15, 0.2) is 29.8 Å². The van der Waals surface area contributed by atoms with Crippen LogP contribution in [-0.2, 0) is 10.0 Å². The van der Waals surface area contributed by atoms with Gasteiger partial charge >= 0.3 is 12.3 Å². The molecule has 0 saturated carbocycles. The molecule has 0 spiro atoms. The maximum Gasteiger partial charge on any atom is 0.413 e. The van der Waals surface area contributed by atoms with Gasteiger partial charge in [0.05, 0.1) is 5.41 Å². The summed E-state index contributed by atoms with van der Waals surface area (Å²) in [6, 6.07) is 3.13. The van der Waals surface area contributed by atoms with Gasteiger partial charge in [0.25, 0.3) is 0 Å². The van der Waals surface area contributed by atoms with E-state index < -0.39 is 34.9 Å². The average Bonchev–Trinajstić information content (AvgIpc) is 2.40. The van der Waals surface area contributed by atoms with Gasteiger partial charge in [0.1, 0.15) is 5.82 Å². The zero-order valence-electron chi connectivity index (χ0n) is 11.9. The molecule has 0 aliphatic heterocycles. The van der Waals surface area contributed by atoms with Crippen LogP contribution in [0.5, 0.6) is 0 Å². The van der Waals surface area contributed by atoms with Gasteiger partial charge in [0, 0.05) is 25.4 Å². The fourth-order valence-corrected chi connectivity index (χ4v) is 2.30. The molecule has 0 fully saturated rings. The zero-order valence-corrected chi connectivity index (χ0v) is 12.7. The van der Waals surface area contributed by atoms with E-state index in [0.717, 1.165) is 10.5 Å². The lowest BCUT2D eigenvalue weighted by molar-refractivity contribution is -0.0797. The van der Waals surface area contributed by atoms with Gasteiger partial charge in [-0.05, 0) is 24.6 Å². The molecule has 1 rings (SSSR count). The molecular weight excluding hydrogens is 339 g/mol. The Kier molecular flexibility index (Phi) is 6.10. The fourth-order valence-electron chi connectivity index (χ4n) is 1.49. The van der Waals surface area contributed by atoms with E-state index in [1.807, 2.05) is 4.72 Å². The standard InChI is InChI=1S/C12H14F3N3O4S/c1-9-2-4-16-10(8-9)18(11(19)20)6-5-17-23(21,22)7-3-12(13,14)15/h2-4,7-8,17H,5-6H2,1H3,(H,19,20). The van der Waals surface area contributed by atoms with Crippen molar-refractivity contribution in [2.45, 2.75) is 13.1 Å². The van der Waals surface area contributed by atoms with Crippen LogP contribution in [0.3, 0.4) is 0 Å². The predicted octanol–water partition coefficient (Wildman–Crippen LogP) is 1.87. The van der Waals surface area contributed by atoms with Crippen molar-refractivity contribution in [2.75, 3.05) is 18.0 Å². The van der Waals surface area contributed by atoms with Crippen LogP contribution in [0.2, 0.25) is 0 Å². The summed E-state index contributed by atoms with van der Waals surface area (Å²) < 4.78 is 60.3. The van der Waals surface area contributed by atoms with E-state index in [4.69, 9.17) is 5.11 Å². The number of nitrogens with one attached hydrogen (secondary N) is 1. The summed E-state index contributed by atoms with van der Waals surface area (Å²) in [6.07, 6.45) is -5.16. The number of hydrogen-bond acceptors (Lipinski definition) is 4. The fraction of sp³-hybridized carbons (Fsp3) is 0.333. The van der Waals surface area contributed by atoms with E-state index in [-0.39, 0.29) is 17.8 Å². The Morgan fingerprint density at radius 2 is 2.13 bits per heavy atom. The molecule has 0 saturated heterocycles. The summed E-state index contributed by atoms with van der Waals surface area (Å²) in [4.78, 5) is 15.8. The van der Waals surface area contributed by atoms with Gasteiger partial charge in [-0.1, -0.05) is 0 Å². The van der Waals surface area contributed by atoms with E-state index in [1.165, 1.54) is 12.3 Å². The monoisotopic (exact) mass is 353 g/mol. The molecule has 0 bridgehead atoms. The van der Waals surface area contributed by atoms with Crippen LogP contribution in [0.1, 0.15) is 5.56 Å². The smallest absolute Gasteiger partial charge is 0.413 e. The summed E-state index contributed by atoms with van der Waals surface area (Å²) in [5.41, 5.74) is 0.745. The molecular formula is C12H14F3N3O4S. The van der Waals surface area contributed by atoms with Crippen molar-refractivity contribution < 1.29 is 31.5 Å². The first-order valence-electron chi connectivity index (χ1n) is 6.19. The Morgan fingerprint density at radius 3 is 2.65 bits per heavy atom. The van der Waals surface area contributed by atoms with Gasteiger partial charge in [-0.25, -0.2) is 22.9 Å². The summed E-state index contributed by atoms with van der Waals surface area (Å²) in [6.45, 7) is 0.993. The third kappa shape index (κ3) is 7.10. The summed E-state index contributed by atoms with van der Waals surface area (Å²) >= 11 is 0. The molecule has 128 valence electrons. The van der Waals surface area contributed by atoms with E-state index in [9.17, 15) is 26.4 Å². The van der Waals surface area contributed by atoms with Gasteiger partial charge in [-0.15, -0.1) is 0 Å². The molecule has 0 aliphatic carbocycles. The molecule has 23 heavy (non-hydrogen) atoms. The highest BCUT2D eigenvalue weighted by Gasteiger charge is 2.24. The van der Waals surface area contributed by atoms with Crippen molar-refractivity contribution >= 4 is 21.9 Å². The van der Waals surface area contributed by atoms with Crippen LogP contribution in [-0.4, -0.2) is 43.9 Å². The van der Waals surface area contributed by atoms with E-state index >= 15 is 0 Å². The van der Waals surface area contributed by atoms with Gasteiger partial charge in [0.15, 0.2) is 0 Å². The SMILES string of the molecule is Cc1ccnc(N(CCNS(=O)(=O)C=CC(F)(F)F)C(=O)O)c1. The topological polar surface area (TPSA) is 99.6 Å². The van der Waals surface area contributed by atoms with Crippen molar-refractivity contribution in [3.63, 3.8) is 0 Å². The molecule has 7 nitrogen and oxygen atoms in total. The van der Waals surface area contributed by atoms with Gasteiger partial charge in [-0.2, -0.15) is 13.2 Å². The minimum Gasteiger partial charge on any atom is -0.465 e. The first-order valence-corrected chi connectivity index (χ1v) is 7.73. The van der Waals surface area contributed by atoms with E-state index in [0.29, 0.717) is 0 Å². The summed E-state index contributed by atoms with van der Waals surface area (Å²) in [7, 11) is -4.32. The van der Waals surface area contributed by atoms with Crippen LogP contribution < -0.4 is 9.62 Å². The van der Waals surface area contributed by atoms with Crippen molar-refractivity contribution in [1.82, 2.24) is 9.71 Å². The maximum atomic E-state index is 11.9. The predicted molar refractivity (Wildman–Crippen MR) is 76.5 cm³/mol. The van der Waals surface area contributed by atoms with Gasteiger partial charge in [-0.3, -0.25) is 4.90 Å². The molecule has 0 atom stereocenters. The highest BCUT2D eigenvalue weighted by Crippen LogP contribution is 2.16. The van der Waals surface area contributed by atoms with Crippen LogP contribution >= 0.6 is 0 Å². The molecule has 1 heterocycles. The molecule has 0 unspecified atom stereocenters. The van der Waals surface area contributed by atoms with Crippen molar-refractivity contribution in [1.29, 1.82) is 0 Å². The number of aromatic nitrogens is 1. The lowest BCUT2D eigenvalue weighted by Crippen LogP contribution is -2.38. The number of carboxylic acid groups (broad SMARTS) is 1. The number of anilines is 1. The molecule has 1 amide bonds. The number of pyridine rings is 1. The Hall–Kier alpha value is -2.14. The molecule has 0 aromatic carbocycles. The molecule has 1 aromatic rings. The third-order valence-corrected chi connectivity index (χ3v) is 3.58. The van der Waals surface area contributed by atoms with Crippen LogP contribution in [0.25, 0.3) is 0 Å². The minimum atomic E-state index is -4.76. The Morgan fingerprint density at radius 1 is 1.48 bits per heavy atom. The third-order valence-electron chi connectivity index (χ3n) is 2.48. The number of rotatable bonds is 6. The van der Waals surface area contributed by atoms with E-state index in [1.54, 1.807) is 13.0 Å². The quantitative estimate of drug-likeness (QED) is 0.813. The Labute approximate surface area is 130 Å². The number of nitrogens with zero attached hydrogens (tertiary/aromatic N) is 2. The number of sulfonamides is 1. The minimum absolute atomic E-state index is 0.0248. The number of amides is 1. The highest BCUT2D eigenvalue weighted by atomic mass is 32.2. The average molecular weight is 353 g/mol. The molecule has 1 aromatic heterocycles. The Bertz CT molecular complexity index is 689. The lowest BCUT2D eigenvalue weighted by atomic mass is 10.3. The number of allylic oxidation sites excluding steroid dienone is 1. The summed E-state index contributed by atoms with van der Waals surface area (Å²) in [5.74, 6) is 0.0857. The second kappa shape index (κ2) is 7.42. The zero-order chi connectivity index (χ0) is 17.7. The van der Waals surface area contributed by atoms with Crippen LogP contribution in [0.4, 0.5) is 23.8 Å². The second-order valence-electron chi connectivity index (χ2n) is 4.41. The molecule has 11 heteroatoms. The van der Waals surface area contributed by atoms with Gasteiger partial charge < -0.3 is 5.11 Å². The lowest BCUT2D eigenvalue weighted by Gasteiger charge is -2.18. The number of carbonyl (C=O) groups is 1. The normalized spacial score (nSPS) is 12.5. The molecule has 0 radical (unpaired) electrons. The largest absolute Gasteiger partial charge is 0.465 e. The van der Waals surface area contributed by atoms with E-state index in [2.05, 4.69) is 4.98 Å². The second-order valence-corrected chi connectivity index (χ2v) is 6.06. The first kappa shape index (κ1) is 18.9. The number of halogens is 3. The van der Waals surface area contributed by atoms with Crippen molar-refractivity contribution in [3.8, 4) is 0 Å². The highest BCUT2D eigenvalue weighted by molar-refractivity contribution is 7.92. The number of hydrogen-bond donors (Lipinski definition) is 2. The van der Waals surface area contributed by atoms with Crippen molar-refractivity contribution in [2.24, 2.45) is 0 Å². The van der Waals surface area contributed by atoms with Gasteiger partial charge in [0.2, 0.25) is 10.0 Å². The Balaban J connectivity index is 2.71. The number of aryl methyl sites for hydroxylation is 1. The summed E-state index contributed by atoms with van der Waals surface area (Å²) in [5, 5.41) is 9.08. The maximum absolute atomic E-state index is 11.9. The molecule has 2 N–H and O–H groups in total. The van der Waals surface area contributed by atoms with Crippen LogP contribution in [0, 0.1) is 6.92 Å². The van der Waals surface area contributed by atoms with Crippen molar-refractivity contribution in [3.05, 3.63) is 35.4 Å².